The molecule has 2 heterocycles. The van der Waals surface area contributed by atoms with E-state index in [1.165, 1.54) is 12.3 Å². The van der Waals surface area contributed by atoms with Gasteiger partial charge in [0.2, 0.25) is 0 Å². The highest BCUT2D eigenvalue weighted by atomic mass is 35.5. The highest BCUT2D eigenvalue weighted by Crippen LogP contribution is 2.22. The summed E-state index contributed by atoms with van der Waals surface area (Å²) < 4.78 is 13.7. The quantitative estimate of drug-likeness (QED) is 0.819. The van der Waals surface area contributed by atoms with Gasteiger partial charge in [-0.3, -0.25) is 0 Å². The Labute approximate surface area is 99.6 Å². The predicted octanol–water partition coefficient (Wildman–Crippen LogP) is 2.06. The lowest BCUT2D eigenvalue weighted by molar-refractivity contribution is 0.349. The normalized spacial score (nSPS) is 19.9. The fraction of sp³-hybridized carbons (Fsp3) is 0.545. The van der Waals surface area contributed by atoms with E-state index in [4.69, 9.17) is 11.6 Å². The molecule has 1 aromatic rings. The molecule has 0 atom stereocenters. The lowest BCUT2D eigenvalue weighted by Gasteiger charge is -2.39. The minimum Gasteiger partial charge on any atom is -0.351 e. The monoisotopic (exact) mass is 243 g/mol. The molecule has 0 bridgehead atoms. The van der Waals surface area contributed by atoms with Gasteiger partial charge in [-0.2, -0.15) is 0 Å². The predicted molar refractivity (Wildman–Crippen MR) is 63.5 cm³/mol. The van der Waals surface area contributed by atoms with Gasteiger partial charge in [-0.05, 0) is 19.9 Å². The summed E-state index contributed by atoms with van der Waals surface area (Å²) in [4.78, 5) is 6.00. The average molecular weight is 244 g/mol. The van der Waals surface area contributed by atoms with Gasteiger partial charge in [0, 0.05) is 31.4 Å². The summed E-state index contributed by atoms with van der Waals surface area (Å²) in [5, 5.41) is 3.70. The van der Waals surface area contributed by atoms with Crippen LogP contribution in [0, 0.1) is 5.82 Å². The lowest BCUT2D eigenvalue weighted by atomic mass is 10.0. The van der Waals surface area contributed by atoms with Gasteiger partial charge in [-0.15, -0.1) is 0 Å². The summed E-state index contributed by atoms with van der Waals surface area (Å²) in [6.45, 7) is 6.50. The molecule has 0 amide bonds. The number of nitrogens with zero attached hydrogens (tertiary/aromatic N) is 2. The van der Waals surface area contributed by atoms with Gasteiger partial charge >= 0.3 is 0 Å². The number of rotatable bonds is 1. The number of hydrogen-bond donors (Lipinski definition) is 1. The van der Waals surface area contributed by atoms with Crippen LogP contribution in [0.5, 0.6) is 0 Å². The number of anilines is 1. The van der Waals surface area contributed by atoms with Gasteiger partial charge in [-0.25, -0.2) is 9.37 Å². The first kappa shape index (κ1) is 11.6. The minimum atomic E-state index is -0.356. The second-order valence-electron chi connectivity index (χ2n) is 4.69. The highest BCUT2D eigenvalue weighted by Gasteiger charge is 2.27. The Kier molecular flexibility index (Phi) is 3.04. The third-order valence-corrected chi connectivity index (χ3v) is 2.87. The van der Waals surface area contributed by atoms with Crippen LogP contribution in [0.15, 0.2) is 12.3 Å². The second kappa shape index (κ2) is 4.18. The first-order valence-electron chi connectivity index (χ1n) is 5.29. The van der Waals surface area contributed by atoms with Crippen molar-refractivity contribution in [2.75, 3.05) is 24.5 Å². The summed E-state index contributed by atoms with van der Waals surface area (Å²) >= 11 is 5.68. The number of pyridine rings is 1. The third-order valence-electron chi connectivity index (χ3n) is 2.66. The first-order chi connectivity index (χ1) is 7.48. The Balaban J connectivity index is 2.23. The fourth-order valence-corrected chi connectivity index (χ4v) is 2.11. The number of aromatic nitrogens is 1. The number of halogens is 2. The van der Waals surface area contributed by atoms with Crippen molar-refractivity contribution >= 4 is 17.4 Å². The van der Waals surface area contributed by atoms with Gasteiger partial charge in [0.1, 0.15) is 0 Å². The maximum Gasteiger partial charge on any atom is 0.167 e. The van der Waals surface area contributed by atoms with Crippen LogP contribution in [0.25, 0.3) is 0 Å². The summed E-state index contributed by atoms with van der Waals surface area (Å²) in [5.41, 5.74) is -0.0218. The van der Waals surface area contributed by atoms with Crippen molar-refractivity contribution in [3.8, 4) is 0 Å². The fourth-order valence-electron chi connectivity index (χ4n) is 1.96. The largest absolute Gasteiger partial charge is 0.351 e. The molecule has 1 aromatic heterocycles. The lowest BCUT2D eigenvalue weighted by Crippen LogP contribution is -2.57. The van der Waals surface area contributed by atoms with Crippen molar-refractivity contribution in [3.63, 3.8) is 0 Å². The molecule has 0 unspecified atom stereocenters. The van der Waals surface area contributed by atoms with Crippen molar-refractivity contribution in [1.82, 2.24) is 10.3 Å². The van der Waals surface area contributed by atoms with Crippen LogP contribution in [0.1, 0.15) is 13.8 Å². The van der Waals surface area contributed by atoms with Crippen molar-refractivity contribution in [2.24, 2.45) is 0 Å². The van der Waals surface area contributed by atoms with E-state index in [-0.39, 0.29) is 11.4 Å². The Hall–Kier alpha value is -0.870. The molecule has 0 aliphatic carbocycles. The van der Waals surface area contributed by atoms with Crippen molar-refractivity contribution < 1.29 is 4.39 Å². The smallest absolute Gasteiger partial charge is 0.167 e. The molecule has 0 saturated carbocycles. The molecule has 3 nitrogen and oxygen atoms in total. The minimum absolute atomic E-state index is 0.0218. The number of piperazine rings is 1. The van der Waals surface area contributed by atoms with Crippen LogP contribution in [-0.2, 0) is 0 Å². The third kappa shape index (κ3) is 2.44. The van der Waals surface area contributed by atoms with Crippen molar-refractivity contribution in [3.05, 3.63) is 23.1 Å². The number of nitrogens with one attached hydrogen (secondary N) is 1. The van der Waals surface area contributed by atoms with E-state index in [1.807, 2.05) is 4.90 Å². The number of hydrogen-bond acceptors (Lipinski definition) is 3. The van der Waals surface area contributed by atoms with Crippen LogP contribution in [0.3, 0.4) is 0 Å². The van der Waals surface area contributed by atoms with E-state index >= 15 is 0 Å². The van der Waals surface area contributed by atoms with Crippen LogP contribution in [0.2, 0.25) is 5.02 Å². The highest BCUT2D eigenvalue weighted by molar-refractivity contribution is 6.30. The maximum atomic E-state index is 13.7. The molecule has 2 rings (SSSR count). The summed E-state index contributed by atoms with van der Waals surface area (Å²) in [6.07, 6.45) is 1.48. The van der Waals surface area contributed by atoms with Gasteiger partial charge < -0.3 is 10.2 Å². The molecule has 0 radical (unpaired) electrons. The molecule has 88 valence electrons. The molecule has 1 aliphatic rings. The first-order valence-corrected chi connectivity index (χ1v) is 5.67. The molecule has 16 heavy (non-hydrogen) atoms. The summed E-state index contributed by atoms with van der Waals surface area (Å²) in [7, 11) is 0. The van der Waals surface area contributed by atoms with Crippen LogP contribution in [-0.4, -0.2) is 30.2 Å². The molecule has 5 heteroatoms. The molecule has 1 N–H and O–H groups in total. The summed E-state index contributed by atoms with van der Waals surface area (Å²) in [6, 6.07) is 1.30. The molecule has 0 spiro atoms. The van der Waals surface area contributed by atoms with E-state index in [9.17, 15) is 4.39 Å². The molecular formula is C11H15ClFN3. The van der Waals surface area contributed by atoms with Gasteiger partial charge in [0.05, 0.1) is 5.02 Å². The van der Waals surface area contributed by atoms with E-state index in [0.717, 1.165) is 19.6 Å². The molecule has 1 saturated heterocycles. The standard InChI is InChI=1S/C11H15ClFN3/c1-11(2)7-16(4-3-15-11)10-9(13)5-8(12)6-14-10/h5-6,15H,3-4,7H2,1-2H3. The topological polar surface area (TPSA) is 28.2 Å². The second-order valence-corrected chi connectivity index (χ2v) is 5.13. The zero-order chi connectivity index (χ0) is 11.8. The van der Waals surface area contributed by atoms with E-state index in [2.05, 4.69) is 24.1 Å². The summed E-state index contributed by atoms with van der Waals surface area (Å²) in [5.74, 6) is 0.0316. The van der Waals surface area contributed by atoms with Crippen molar-refractivity contribution in [2.45, 2.75) is 19.4 Å². The van der Waals surface area contributed by atoms with Gasteiger partial charge in [0.25, 0.3) is 0 Å². The van der Waals surface area contributed by atoms with Crippen LogP contribution < -0.4 is 10.2 Å². The molecule has 0 aromatic carbocycles. The zero-order valence-corrected chi connectivity index (χ0v) is 10.2. The van der Waals surface area contributed by atoms with E-state index < -0.39 is 0 Å². The molecular weight excluding hydrogens is 229 g/mol. The molecule has 1 aliphatic heterocycles. The molecule has 1 fully saturated rings. The van der Waals surface area contributed by atoms with Crippen LogP contribution >= 0.6 is 11.6 Å². The van der Waals surface area contributed by atoms with E-state index in [0.29, 0.717) is 10.8 Å². The van der Waals surface area contributed by atoms with Crippen molar-refractivity contribution in [1.29, 1.82) is 0 Å². The average Bonchev–Trinajstić information content (AvgIpc) is 2.15. The Morgan fingerprint density at radius 3 is 2.94 bits per heavy atom. The maximum absolute atomic E-state index is 13.7. The zero-order valence-electron chi connectivity index (χ0n) is 9.43. The Bertz CT molecular complexity index is 395. The Morgan fingerprint density at radius 1 is 1.56 bits per heavy atom. The van der Waals surface area contributed by atoms with Gasteiger partial charge in [0.15, 0.2) is 11.6 Å². The SMILES string of the molecule is CC1(C)CN(c2ncc(Cl)cc2F)CCN1. The Morgan fingerprint density at radius 2 is 2.31 bits per heavy atom. The van der Waals surface area contributed by atoms with Crippen LogP contribution in [0.4, 0.5) is 10.2 Å². The van der Waals surface area contributed by atoms with E-state index in [1.54, 1.807) is 0 Å². The van der Waals surface area contributed by atoms with Gasteiger partial charge in [-0.1, -0.05) is 11.6 Å².